The molecule has 0 unspecified atom stereocenters. The lowest BCUT2D eigenvalue weighted by atomic mass is 9.78. The van der Waals surface area contributed by atoms with Gasteiger partial charge in [0.05, 0.1) is 11.8 Å². The maximum atomic E-state index is 12.7. The predicted octanol–water partition coefficient (Wildman–Crippen LogP) is 4.15. The molecule has 164 valence electrons. The summed E-state index contributed by atoms with van der Waals surface area (Å²) in [5.41, 5.74) is 4.48. The van der Waals surface area contributed by atoms with Gasteiger partial charge in [0, 0.05) is 43.2 Å². The molecule has 0 aromatic heterocycles. The van der Waals surface area contributed by atoms with Crippen molar-refractivity contribution in [1.29, 1.82) is 0 Å². The molecule has 4 rings (SSSR count). The lowest BCUT2D eigenvalue weighted by Gasteiger charge is -2.38. The van der Waals surface area contributed by atoms with Gasteiger partial charge in [-0.05, 0) is 55.7 Å². The normalized spacial score (nSPS) is 21.6. The molecule has 1 amide bonds. The Morgan fingerprint density at radius 1 is 0.871 bits per heavy atom. The molecule has 2 N–H and O–H groups in total. The zero-order chi connectivity index (χ0) is 21.8. The fourth-order valence-electron chi connectivity index (χ4n) is 4.85. The van der Waals surface area contributed by atoms with Crippen LogP contribution in [-0.2, 0) is 9.59 Å². The fraction of sp³-hybridized carbons (Fsp3) is 0.440. The minimum atomic E-state index is -0.861. The average molecular weight is 422 g/mol. The van der Waals surface area contributed by atoms with Crippen molar-refractivity contribution >= 4 is 28.9 Å². The number of carbonyl (C=O) groups is 2. The summed E-state index contributed by atoms with van der Waals surface area (Å²) in [5, 5.41) is 12.4. The number of amides is 1. The van der Waals surface area contributed by atoms with Crippen LogP contribution >= 0.6 is 0 Å². The van der Waals surface area contributed by atoms with Crippen molar-refractivity contribution in [2.75, 3.05) is 41.3 Å². The van der Waals surface area contributed by atoms with Crippen LogP contribution in [-0.4, -0.2) is 43.2 Å². The maximum Gasteiger partial charge on any atom is 0.307 e. The van der Waals surface area contributed by atoms with Crippen molar-refractivity contribution in [2.45, 2.75) is 32.6 Å². The summed E-state index contributed by atoms with van der Waals surface area (Å²) in [6, 6.07) is 16.4. The van der Waals surface area contributed by atoms with Crippen LogP contribution in [0.5, 0.6) is 0 Å². The molecule has 6 heteroatoms. The number of benzene rings is 2. The molecule has 2 aliphatic rings. The quantitative estimate of drug-likeness (QED) is 0.759. The van der Waals surface area contributed by atoms with Gasteiger partial charge < -0.3 is 20.2 Å². The number of aryl methyl sites for hydroxylation is 1. The molecule has 0 spiro atoms. The highest BCUT2D eigenvalue weighted by molar-refractivity contribution is 5.95. The molecule has 0 radical (unpaired) electrons. The number of hydrogen-bond acceptors (Lipinski definition) is 4. The molecule has 1 aliphatic carbocycles. The Morgan fingerprint density at radius 3 is 2.13 bits per heavy atom. The number of carboxylic acid groups (broad SMARTS) is 1. The molecule has 2 fully saturated rings. The standard InChI is InChI=1S/C25H31N3O3/c1-18-6-2-5-9-23(18)28-16-14-27(15-17-28)20-12-10-19(11-13-20)26-24(29)21-7-3-4-8-22(21)25(30)31/h2,5-6,9-13,21-22H,3-4,7-8,14-17H2,1H3,(H,26,29)(H,30,31)/t21-,22-/m1/s1. The van der Waals surface area contributed by atoms with Crippen LogP contribution in [0.3, 0.4) is 0 Å². The number of anilines is 3. The van der Waals surface area contributed by atoms with Gasteiger partial charge in [0.2, 0.25) is 5.91 Å². The second kappa shape index (κ2) is 9.41. The molecule has 1 heterocycles. The van der Waals surface area contributed by atoms with Gasteiger partial charge in [0.25, 0.3) is 0 Å². The summed E-state index contributed by atoms with van der Waals surface area (Å²) in [5.74, 6) is -2.05. The van der Waals surface area contributed by atoms with E-state index in [0.29, 0.717) is 12.8 Å². The molecule has 1 saturated carbocycles. The number of para-hydroxylation sites is 1. The van der Waals surface area contributed by atoms with Crippen molar-refractivity contribution < 1.29 is 14.7 Å². The Bertz CT molecular complexity index is 920. The molecule has 6 nitrogen and oxygen atoms in total. The first-order valence-electron chi connectivity index (χ1n) is 11.2. The monoisotopic (exact) mass is 421 g/mol. The lowest BCUT2D eigenvalue weighted by molar-refractivity contribution is -0.147. The summed E-state index contributed by atoms with van der Waals surface area (Å²) >= 11 is 0. The Kier molecular flexibility index (Phi) is 6.44. The second-order valence-corrected chi connectivity index (χ2v) is 8.63. The van der Waals surface area contributed by atoms with E-state index in [2.05, 4.69) is 46.3 Å². The first-order valence-corrected chi connectivity index (χ1v) is 11.2. The molecule has 31 heavy (non-hydrogen) atoms. The van der Waals surface area contributed by atoms with Gasteiger partial charge in [-0.2, -0.15) is 0 Å². The molecular formula is C25H31N3O3. The average Bonchev–Trinajstić information content (AvgIpc) is 2.80. The highest BCUT2D eigenvalue weighted by Gasteiger charge is 2.35. The zero-order valence-electron chi connectivity index (χ0n) is 18.1. The van der Waals surface area contributed by atoms with E-state index in [-0.39, 0.29) is 5.91 Å². The minimum Gasteiger partial charge on any atom is -0.481 e. The number of carboxylic acids is 1. The van der Waals surface area contributed by atoms with Gasteiger partial charge in [0.1, 0.15) is 0 Å². The van der Waals surface area contributed by atoms with Crippen molar-refractivity contribution in [3.8, 4) is 0 Å². The Morgan fingerprint density at radius 2 is 1.48 bits per heavy atom. The third-order valence-corrected chi connectivity index (χ3v) is 6.66. The van der Waals surface area contributed by atoms with E-state index in [0.717, 1.165) is 50.4 Å². The lowest BCUT2D eigenvalue weighted by Crippen LogP contribution is -2.46. The molecule has 0 bridgehead atoms. The predicted molar refractivity (Wildman–Crippen MR) is 124 cm³/mol. The van der Waals surface area contributed by atoms with Crippen molar-refractivity contribution in [2.24, 2.45) is 11.8 Å². The number of nitrogens with zero attached hydrogens (tertiary/aromatic N) is 2. The highest BCUT2D eigenvalue weighted by Crippen LogP contribution is 2.31. The van der Waals surface area contributed by atoms with E-state index in [1.807, 2.05) is 24.3 Å². The summed E-state index contributed by atoms with van der Waals surface area (Å²) in [4.78, 5) is 29.0. The molecular weight excluding hydrogens is 390 g/mol. The molecule has 2 aromatic rings. The van der Waals surface area contributed by atoms with Crippen LogP contribution in [0.1, 0.15) is 31.2 Å². The van der Waals surface area contributed by atoms with E-state index >= 15 is 0 Å². The van der Waals surface area contributed by atoms with Crippen LogP contribution in [0, 0.1) is 18.8 Å². The van der Waals surface area contributed by atoms with Gasteiger partial charge in [-0.1, -0.05) is 31.0 Å². The number of rotatable bonds is 5. The number of nitrogens with one attached hydrogen (secondary N) is 1. The minimum absolute atomic E-state index is 0.174. The fourth-order valence-corrected chi connectivity index (χ4v) is 4.85. The van der Waals surface area contributed by atoms with E-state index in [1.165, 1.54) is 11.3 Å². The molecule has 2 aromatic carbocycles. The Hall–Kier alpha value is -3.02. The van der Waals surface area contributed by atoms with E-state index in [9.17, 15) is 14.7 Å². The summed E-state index contributed by atoms with van der Waals surface area (Å²) in [6.07, 6.45) is 3.02. The van der Waals surface area contributed by atoms with Gasteiger partial charge in [-0.25, -0.2) is 0 Å². The molecule has 1 aliphatic heterocycles. The summed E-state index contributed by atoms with van der Waals surface area (Å²) in [6.45, 7) is 5.99. The van der Waals surface area contributed by atoms with Crippen LogP contribution in [0.2, 0.25) is 0 Å². The second-order valence-electron chi connectivity index (χ2n) is 8.63. The van der Waals surface area contributed by atoms with Crippen molar-refractivity contribution in [1.82, 2.24) is 0 Å². The topological polar surface area (TPSA) is 72.9 Å². The Balaban J connectivity index is 1.34. The largest absolute Gasteiger partial charge is 0.481 e. The first kappa shape index (κ1) is 21.2. The SMILES string of the molecule is Cc1ccccc1N1CCN(c2ccc(NC(=O)[C@@H]3CCCC[C@H]3C(=O)O)cc2)CC1. The third kappa shape index (κ3) is 4.84. The first-order chi connectivity index (χ1) is 15.0. The van der Waals surface area contributed by atoms with Crippen molar-refractivity contribution in [3.05, 3.63) is 54.1 Å². The van der Waals surface area contributed by atoms with Gasteiger partial charge >= 0.3 is 5.97 Å². The van der Waals surface area contributed by atoms with Crippen LogP contribution in [0.15, 0.2) is 48.5 Å². The van der Waals surface area contributed by atoms with E-state index in [1.54, 1.807) is 0 Å². The van der Waals surface area contributed by atoms with E-state index in [4.69, 9.17) is 0 Å². The highest BCUT2D eigenvalue weighted by atomic mass is 16.4. The number of aliphatic carboxylic acids is 1. The van der Waals surface area contributed by atoms with Crippen LogP contribution in [0.4, 0.5) is 17.1 Å². The molecule has 1 saturated heterocycles. The van der Waals surface area contributed by atoms with Crippen LogP contribution in [0.25, 0.3) is 0 Å². The summed E-state index contributed by atoms with van der Waals surface area (Å²) in [7, 11) is 0. The smallest absolute Gasteiger partial charge is 0.307 e. The van der Waals surface area contributed by atoms with Gasteiger partial charge in [-0.3, -0.25) is 9.59 Å². The van der Waals surface area contributed by atoms with E-state index < -0.39 is 17.8 Å². The number of hydrogen-bond donors (Lipinski definition) is 2. The van der Waals surface area contributed by atoms with Crippen molar-refractivity contribution in [3.63, 3.8) is 0 Å². The van der Waals surface area contributed by atoms with Crippen LogP contribution < -0.4 is 15.1 Å². The number of piperazine rings is 1. The Labute approximate surface area is 183 Å². The maximum absolute atomic E-state index is 12.7. The number of carbonyl (C=O) groups excluding carboxylic acids is 1. The summed E-state index contributed by atoms with van der Waals surface area (Å²) < 4.78 is 0. The zero-order valence-corrected chi connectivity index (χ0v) is 18.1. The molecule has 2 atom stereocenters. The third-order valence-electron chi connectivity index (χ3n) is 6.66. The van der Waals surface area contributed by atoms with Gasteiger partial charge in [0.15, 0.2) is 0 Å². The van der Waals surface area contributed by atoms with Gasteiger partial charge in [-0.15, -0.1) is 0 Å².